The molecular weight excluding hydrogens is 306 g/mol. The minimum Gasteiger partial charge on any atom is -0.484 e. The smallest absolute Gasteiger partial charge is 0.337 e. The molecule has 0 aliphatic heterocycles. The zero-order valence-electron chi connectivity index (χ0n) is 14.3. The van der Waals surface area contributed by atoms with E-state index >= 15 is 0 Å². The molecule has 0 atom stereocenters. The van der Waals surface area contributed by atoms with Crippen LogP contribution in [0.15, 0.2) is 36.4 Å². The van der Waals surface area contributed by atoms with Crippen molar-refractivity contribution < 1.29 is 19.1 Å². The fourth-order valence-corrected chi connectivity index (χ4v) is 2.19. The third-order valence-electron chi connectivity index (χ3n) is 3.77. The molecule has 0 radical (unpaired) electrons. The molecule has 0 bridgehead atoms. The fourth-order valence-electron chi connectivity index (χ4n) is 2.19. The number of anilines is 1. The summed E-state index contributed by atoms with van der Waals surface area (Å²) in [6.07, 6.45) is 0. The van der Waals surface area contributed by atoms with Gasteiger partial charge in [0.15, 0.2) is 6.61 Å². The summed E-state index contributed by atoms with van der Waals surface area (Å²) in [7, 11) is 1.33. The summed E-state index contributed by atoms with van der Waals surface area (Å²) in [4.78, 5) is 23.5. The molecule has 2 aromatic carbocycles. The lowest BCUT2D eigenvalue weighted by Crippen LogP contribution is -2.20. The van der Waals surface area contributed by atoms with Gasteiger partial charge >= 0.3 is 5.97 Å². The third kappa shape index (κ3) is 4.35. The number of ether oxygens (including phenoxy) is 2. The number of carbonyl (C=O) groups excluding carboxylic acids is 2. The Balaban J connectivity index is 1.97. The molecule has 2 aromatic rings. The Labute approximate surface area is 141 Å². The highest BCUT2D eigenvalue weighted by Crippen LogP contribution is 2.18. The minimum atomic E-state index is -0.408. The maximum Gasteiger partial charge on any atom is 0.337 e. The van der Waals surface area contributed by atoms with Crippen molar-refractivity contribution >= 4 is 17.6 Å². The van der Waals surface area contributed by atoms with E-state index in [1.54, 1.807) is 18.2 Å². The molecule has 5 nitrogen and oxygen atoms in total. The molecule has 0 heterocycles. The van der Waals surface area contributed by atoms with Crippen molar-refractivity contribution in [2.45, 2.75) is 20.8 Å². The lowest BCUT2D eigenvalue weighted by molar-refractivity contribution is -0.118. The van der Waals surface area contributed by atoms with E-state index in [1.165, 1.54) is 12.7 Å². The summed E-state index contributed by atoms with van der Waals surface area (Å²) in [5.74, 6) is -0.0118. The molecule has 0 saturated carbocycles. The van der Waals surface area contributed by atoms with Gasteiger partial charge in [-0.2, -0.15) is 0 Å². The van der Waals surface area contributed by atoms with Crippen LogP contribution in [0.25, 0.3) is 0 Å². The summed E-state index contributed by atoms with van der Waals surface area (Å²) in [6, 6.07) is 10.7. The predicted octanol–water partition coefficient (Wildman–Crippen LogP) is 3.42. The number of amides is 1. The highest BCUT2D eigenvalue weighted by Gasteiger charge is 2.10. The van der Waals surface area contributed by atoms with Gasteiger partial charge in [-0.1, -0.05) is 6.07 Å². The van der Waals surface area contributed by atoms with E-state index in [4.69, 9.17) is 4.74 Å². The highest BCUT2D eigenvalue weighted by molar-refractivity contribution is 5.94. The SMILES string of the molecule is COC(=O)c1ccc(NC(=O)COc2ccc(C)c(C)c2)c(C)c1. The van der Waals surface area contributed by atoms with Gasteiger partial charge in [-0.3, -0.25) is 4.79 Å². The van der Waals surface area contributed by atoms with Crippen LogP contribution >= 0.6 is 0 Å². The number of rotatable bonds is 5. The van der Waals surface area contributed by atoms with E-state index in [0.29, 0.717) is 17.0 Å². The van der Waals surface area contributed by atoms with Crippen LogP contribution in [0.1, 0.15) is 27.0 Å². The van der Waals surface area contributed by atoms with Crippen LogP contribution in [0, 0.1) is 20.8 Å². The van der Waals surface area contributed by atoms with E-state index in [-0.39, 0.29) is 12.5 Å². The average Bonchev–Trinajstić information content (AvgIpc) is 2.57. The van der Waals surface area contributed by atoms with Crippen molar-refractivity contribution in [3.05, 3.63) is 58.7 Å². The summed E-state index contributed by atoms with van der Waals surface area (Å²) < 4.78 is 10.2. The van der Waals surface area contributed by atoms with Crippen LogP contribution < -0.4 is 10.1 Å². The molecule has 1 amide bonds. The number of hydrogen-bond acceptors (Lipinski definition) is 4. The van der Waals surface area contributed by atoms with Crippen LogP contribution in [0.5, 0.6) is 5.75 Å². The Bertz CT molecular complexity index is 768. The zero-order valence-corrected chi connectivity index (χ0v) is 14.3. The molecule has 24 heavy (non-hydrogen) atoms. The highest BCUT2D eigenvalue weighted by atomic mass is 16.5. The number of aryl methyl sites for hydroxylation is 3. The first-order chi connectivity index (χ1) is 11.4. The number of nitrogens with one attached hydrogen (secondary N) is 1. The summed E-state index contributed by atoms with van der Waals surface area (Å²) in [5.41, 5.74) is 4.14. The lowest BCUT2D eigenvalue weighted by atomic mass is 10.1. The zero-order chi connectivity index (χ0) is 17.7. The number of methoxy groups -OCH3 is 1. The van der Waals surface area contributed by atoms with Crippen LogP contribution in [0.2, 0.25) is 0 Å². The number of esters is 1. The van der Waals surface area contributed by atoms with E-state index < -0.39 is 5.97 Å². The minimum absolute atomic E-state index is 0.0826. The Hall–Kier alpha value is -2.82. The van der Waals surface area contributed by atoms with Gasteiger partial charge in [0.25, 0.3) is 5.91 Å². The number of hydrogen-bond donors (Lipinski definition) is 1. The Morgan fingerprint density at radius 2 is 1.71 bits per heavy atom. The second-order valence-corrected chi connectivity index (χ2v) is 5.60. The molecule has 0 aliphatic rings. The molecule has 5 heteroatoms. The van der Waals surface area contributed by atoms with Crippen LogP contribution in [0.4, 0.5) is 5.69 Å². The van der Waals surface area contributed by atoms with Crippen molar-refractivity contribution in [2.24, 2.45) is 0 Å². The largest absolute Gasteiger partial charge is 0.484 e. The van der Waals surface area contributed by atoms with Gasteiger partial charge in [-0.25, -0.2) is 4.79 Å². The van der Waals surface area contributed by atoms with Gasteiger partial charge in [0.05, 0.1) is 12.7 Å². The van der Waals surface area contributed by atoms with Gasteiger partial charge in [-0.15, -0.1) is 0 Å². The molecule has 126 valence electrons. The first-order valence-corrected chi connectivity index (χ1v) is 7.59. The van der Waals surface area contributed by atoms with E-state index in [2.05, 4.69) is 10.1 Å². The van der Waals surface area contributed by atoms with Crippen LogP contribution in [-0.2, 0) is 9.53 Å². The molecule has 0 spiro atoms. The molecule has 0 fully saturated rings. The normalized spacial score (nSPS) is 10.2. The molecule has 0 unspecified atom stereocenters. The van der Waals surface area contributed by atoms with Gasteiger partial charge in [0, 0.05) is 5.69 Å². The quantitative estimate of drug-likeness (QED) is 0.855. The second kappa shape index (κ2) is 7.64. The predicted molar refractivity (Wildman–Crippen MR) is 92.6 cm³/mol. The first kappa shape index (κ1) is 17.5. The Morgan fingerprint density at radius 1 is 0.958 bits per heavy atom. The van der Waals surface area contributed by atoms with Gasteiger partial charge in [0.1, 0.15) is 5.75 Å². The van der Waals surface area contributed by atoms with E-state index in [9.17, 15) is 9.59 Å². The van der Waals surface area contributed by atoms with Gasteiger partial charge in [0.2, 0.25) is 0 Å². The Kier molecular flexibility index (Phi) is 5.58. The summed E-state index contributed by atoms with van der Waals surface area (Å²) in [5, 5.41) is 2.77. The standard InChI is InChI=1S/C19H21NO4/c1-12-5-7-16(10-13(12)2)24-11-18(21)20-17-8-6-15(9-14(17)3)19(22)23-4/h5-10H,11H2,1-4H3,(H,20,21). The summed E-state index contributed by atoms with van der Waals surface area (Å²) in [6.45, 7) is 5.74. The molecule has 2 rings (SSSR count). The Morgan fingerprint density at radius 3 is 2.33 bits per heavy atom. The summed E-state index contributed by atoms with van der Waals surface area (Å²) >= 11 is 0. The molecular formula is C19H21NO4. The van der Waals surface area contributed by atoms with Gasteiger partial charge < -0.3 is 14.8 Å². The van der Waals surface area contributed by atoms with Crippen molar-refractivity contribution in [1.29, 1.82) is 0 Å². The monoisotopic (exact) mass is 327 g/mol. The molecule has 0 aliphatic carbocycles. The van der Waals surface area contributed by atoms with Crippen molar-refractivity contribution in [3.8, 4) is 5.75 Å². The van der Waals surface area contributed by atoms with Crippen molar-refractivity contribution in [1.82, 2.24) is 0 Å². The number of benzene rings is 2. The number of carbonyl (C=O) groups is 2. The third-order valence-corrected chi connectivity index (χ3v) is 3.77. The average molecular weight is 327 g/mol. The molecule has 0 aromatic heterocycles. The molecule has 1 N–H and O–H groups in total. The maximum atomic E-state index is 12.0. The topological polar surface area (TPSA) is 64.6 Å². The maximum absolute atomic E-state index is 12.0. The van der Waals surface area contributed by atoms with Gasteiger partial charge in [-0.05, 0) is 67.8 Å². The fraction of sp³-hybridized carbons (Fsp3) is 0.263. The van der Waals surface area contributed by atoms with Crippen molar-refractivity contribution in [3.63, 3.8) is 0 Å². The first-order valence-electron chi connectivity index (χ1n) is 7.59. The van der Waals surface area contributed by atoms with E-state index in [0.717, 1.165) is 11.1 Å². The van der Waals surface area contributed by atoms with Crippen molar-refractivity contribution in [2.75, 3.05) is 19.0 Å². The van der Waals surface area contributed by atoms with Crippen LogP contribution in [0.3, 0.4) is 0 Å². The van der Waals surface area contributed by atoms with E-state index in [1.807, 2.05) is 39.0 Å². The molecule has 0 saturated heterocycles. The van der Waals surface area contributed by atoms with Crippen LogP contribution in [-0.4, -0.2) is 25.6 Å². The second-order valence-electron chi connectivity index (χ2n) is 5.60. The lowest BCUT2D eigenvalue weighted by Gasteiger charge is -2.11.